The van der Waals surface area contributed by atoms with Crippen LogP contribution in [-0.2, 0) is 0 Å². The van der Waals surface area contributed by atoms with Crippen molar-refractivity contribution in [1.82, 2.24) is 0 Å². The lowest BCUT2D eigenvalue weighted by Crippen LogP contribution is -1.87. The number of aryl methyl sites for hydroxylation is 1. The molecule has 0 atom stereocenters. The van der Waals surface area contributed by atoms with Gasteiger partial charge in [0.05, 0.1) is 0 Å². The van der Waals surface area contributed by atoms with E-state index in [2.05, 4.69) is 0 Å². The van der Waals surface area contributed by atoms with Gasteiger partial charge in [-0.25, -0.2) is 8.78 Å². The predicted molar refractivity (Wildman–Crippen MR) is 82.0 cm³/mol. The first kappa shape index (κ1) is 13.5. The zero-order valence-corrected chi connectivity index (χ0v) is 11.6. The van der Waals surface area contributed by atoms with Gasteiger partial charge < -0.3 is 0 Å². The third-order valence-corrected chi connectivity index (χ3v) is 3.51. The molecule has 0 aliphatic rings. The van der Waals surface area contributed by atoms with Crippen molar-refractivity contribution < 1.29 is 8.78 Å². The molecular formula is C19H14F2. The topological polar surface area (TPSA) is 0 Å². The summed E-state index contributed by atoms with van der Waals surface area (Å²) in [5.74, 6) is -0.630. The van der Waals surface area contributed by atoms with E-state index in [9.17, 15) is 8.78 Å². The quantitative estimate of drug-likeness (QED) is 0.572. The Morgan fingerprint density at radius 2 is 1.19 bits per heavy atom. The van der Waals surface area contributed by atoms with Crippen LogP contribution in [0.15, 0.2) is 66.7 Å². The minimum atomic E-state index is -0.324. The van der Waals surface area contributed by atoms with Gasteiger partial charge in [0.15, 0.2) is 0 Å². The summed E-state index contributed by atoms with van der Waals surface area (Å²) in [6.07, 6.45) is 0. The Morgan fingerprint density at radius 3 is 1.81 bits per heavy atom. The molecule has 0 nitrogen and oxygen atoms in total. The Bertz CT molecular complexity index is 757. The summed E-state index contributed by atoms with van der Waals surface area (Å²) < 4.78 is 27.2. The van der Waals surface area contributed by atoms with Crippen LogP contribution in [0.2, 0.25) is 0 Å². The van der Waals surface area contributed by atoms with Crippen LogP contribution in [0, 0.1) is 18.6 Å². The van der Waals surface area contributed by atoms with E-state index in [1.165, 1.54) is 23.8 Å². The summed E-state index contributed by atoms with van der Waals surface area (Å²) in [7, 11) is 0. The molecule has 2 heteroatoms. The molecule has 3 aromatic rings. The van der Waals surface area contributed by atoms with Gasteiger partial charge in [-0.2, -0.15) is 0 Å². The van der Waals surface area contributed by atoms with E-state index in [0.29, 0.717) is 11.1 Å². The molecule has 0 saturated carbocycles. The lowest BCUT2D eigenvalue weighted by molar-refractivity contribution is 0.626. The number of rotatable bonds is 2. The van der Waals surface area contributed by atoms with Crippen molar-refractivity contribution in [1.29, 1.82) is 0 Å². The van der Waals surface area contributed by atoms with Crippen LogP contribution in [0.5, 0.6) is 0 Å². The lowest BCUT2D eigenvalue weighted by Gasteiger charge is -2.07. The standard InChI is InChI=1S/C19H14F2/c1-13-2-4-14(5-3-13)16-8-11-18(19(21)12-16)15-6-9-17(20)10-7-15/h2-12H,1H3. The summed E-state index contributed by atoms with van der Waals surface area (Å²) in [5, 5.41) is 0. The zero-order chi connectivity index (χ0) is 14.8. The molecule has 3 rings (SSSR count). The van der Waals surface area contributed by atoms with Crippen LogP contribution in [0.25, 0.3) is 22.3 Å². The second-order valence-electron chi connectivity index (χ2n) is 5.07. The first-order valence-corrected chi connectivity index (χ1v) is 6.76. The van der Waals surface area contributed by atoms with Gasteiger partial charge in [-0.3, -0.25) is 0 Å². The highest BCUT2D eigenvalue weighted by molar-refractivity contribution is 5.71. The molecule has 0 aromatic heterocycles. The SMILES string of the molecule is Cc1ccc(-c2ccc(-c3ccc(F)cc3)c(F)c2)cc1. The molecule has 0 amide bonds. The molecule has 3 aromatic carbocycles. The van der Waals surface area contributed by atoms with Gasteiger partial charge >= 0.3 is 0 Å². The van der Waals surface area contributed by atoms with Gasteiger partial charge in [0.2, 0.25) is 0 Å². The van der Waals surface area contributed by atoms with Gasteiger partial charge in [-0.1, -0.05) is 54.1 Å². The van der Waals surface area contributed by atoms with E-state index < -0.39 is 0 Å². The molecule has 0 spiro atoms. The summed E-state index contributed by atoms with van der Waals surface area (Å²) in [4.78, 5) is 0. The van der Waals surface area contributed by atoms with Crippen molar-refractivity contribution in [2.45, 2.75) is 6.92 Å². The Hall–Kier alpha value is -2.48. The first-order valence-electron chi connectivity index (χ1n) is 6.76. The third-order valence-electron chi connectivity index (χ3n) is 3.51. The highest BCUT2D eigenvalue weighted by Gasteiger charge is 2.07. The van der Waals surface area contributed by atoms with E-state index in [4.69, 9.17) is 0 Å². The maximum Gasteiger partial charge on any atom is 0.131 e. The van der Waals surface area contributed by atoms with Gasteiger partial charge in [-0.15, -0.1) is 0 Å². The summed E-state index contributed by atoms with van der Waals surface area (Å²) >= 11 is 0. The molecule has 0 bridgehead atoms. The monoisotopic (exact) mass is 280 g/mol. The number of halogens is 2. The van der Waals surface area contributed by atoms with Gasteiger partial charge in [0, 0.05) is 5.56 Å². The number of hydrogen-bond donors (Lipinski definition) is 0. The molecule has 104 valence electrons. The van der Waals surface area contributed by atoms with Crippen LogP contribution in [0.3, 0.4) is 0 Å². The van der Waals surface area contributed by atoms with E-state index >= 15 is 0 Å². The Labute approximate surface area is 122 Å². The zero-order valence-electron chi connectivity index (χ0n) is 11.6. The van der Waals surface area contributed by atoms with Crippen molar-refractivity contribution in [2.24, 2.45) is 0 Å². The van der Waals surface area contributed by atoms with E-state index in [1.54, 1.807) is 18.2 Å². The Balaban J connectivity index is 1.99. The molecule has 0 aliphatic heterocycles. The smallest absolute Gasteiger partial charge is 0.131 e. The fourth-order valence-electron chi connectivity index (χ4n) is 2.30. The third kappa shape index (κ3) is 2.84. The minimum absolute atomic E-state index is 0.306. The normalized spacial score (nSPS) is 10.6. The second kappa shape index (κ2) is 5.49. The molecule has 0 aliphatic carbocycles. The van der Waals surface area contributed by atoms with Crippen molar-refractivity contribution in [3.05, 3.63) is 83.9 Å². The predicted octanol–water partition coefficient (Wildman–Crippen LogP) is 5.61. The summed E-state index contributed by atoms with van der Waals surface area (Å²) in [6, 6.07) is 18.9. The van der Waals surface area contributed by atoms with E-state index in [-0.39, 0.29) is 11.6 Å². The fourth-order valence-corrected chi connectivity index (χ4v) is 2.30. The van der Waals surface area contributed by atoms with Crippen LogP contribution in [0.1, 0.15) is 5.56 Å². The molecule has 0 radical (unpaired) electrons. The first-order chi connectivity index (χ1) is 10.1. The molecule has 0 saturated heterocycles. The average molecular weight is 280 g/mol. The molecule has 0 unspecified atom stereocenters. The highest BCUT2D eigenvalue weighted by Crippen LogP contribution is 2.28. The molecule has 0 fully saturated rings. The van der Waals surface area contributed by atoms with Gasteiger partial charge in [0.1, 0.15) is 11.6 Å². The van der Waals surface area contributed by atoms with Gasteiger partial charge in [0.25, 0.3) is 0 Å². The van der Waals surface area contributed by atoms with E-state index in [0.717, 1.165) is 11.1 Å². The summed E-state index contributed by atoms with van der Waals surface area (Å²) in [6.45, 7) is 2.02. The van der Waals surface area contributed by atoms with Crippen molar-refractivity contribution in [3.63, 3.8) is 0 Å². The molecule has 0 heterocycles. The van der Waals surface area contributed by atoms with Gasteiger partial charge in [-0.05, 0) is 41.8 Å². The fraction of sp³-hybridized carbons (Fsp3) is 0.0526. The largest absolute Gasteiger partial charge is 0.207 e. The maximum absolute atomic E-state index is 14.3. The molecular weight excluding hydrogens is 266 g/mol. The minimum Gasteiger partial charge on any atom is -0.207 e. The molecule has 21 heavy (non-hydrogen) atoms. The van der Waals surface area contributed by atoms with Crippen molar-refractivity contribution >= 4 is 0 Å². The van der Waals surface area contributed by atoms with Crippen LogP contribution < -0.4 is 0 Å². The maximum atomic E-state index is 14.3. The van der Waals surface area contributed by atoms with Crippen molar-refractivity contribution in [2.75, 3.05) is 0 Å². The number of hydrogen-bond acceptors (Lipinski definition) is 0. The van der Waals surface area contributed by atoms with E-state index in [1.807, 2.05) is 37.3 Å². The summed E-state index contributed by atoms with van der Waals surface area (Å²) in [5.41, 5.74) is 4.13. The van der Waals surface area contributed by atoms with Crippen LogP contribution in [-0.4, -0.2) is 0 Å². The Kier molecular flexibility index (Phi) is 3.53. The Morgan fingerprint density at radius 1 is 0.619 bits per heavy atom. The highest BCUT2D eigenvalue weighted by atomic mass is 19.1. The second-order valence-corrected chi connectivity index (χ2v) is 5.07. The van der Waals surface area contributed by atoms with Crippen LogP contribution >= 0.6 is 0 Å². The molecule has 0 N–H and O–H groups in total. The lowest BCUT2D eigenvalue weighted by atomic mass is 9.99. The average Bonchev–Trinajstić information content (AvgIpc) is 2.49. The number of benzene rings is 3. The van der Waals surface area contributed by atoms with Crippen molar-refractivity contribution in [3.8, 4) is 22.3 Å². The van der Waals surface area contributed by atoms with Crippen LogP contribution in [0.4, 0.5) is 8.78 Å².